The van der Waals surface area contributed by atoms with E-state index in [9.17, 15) is 4.39 Å². The van der Waals surface area contributed by atoms with Crippen molar-refractivity contribution >= 4 is 33.5 Å². The van der Waals surface area contributed by atoms with Gasteiger partial charge in [0.15, 0.2) is 0 Å². The van der Waals surface area contributed by atoms with Crippen LogP contribution in [0.3, 0.4) is 0 Å². The number of hydrogen-bond acceptors (Lipinski definition) is 2. The van der Waals surface area contributed by atoms with Crippen molar-refractivity contribution in [2.45, 2.75) is 0 Å². The van der Waals surface area contributed by atoms with Crippen molar-refractivity contribution in [2.24, 2.45) is 0 Å². The summed E-state index contributed by atoms with van der Waals surface area (Å²) in [5.41, 5.74) is 1.05. The average Bonchev–Trinajstić information content (AvgIpc) is 2.84. The van der Waals surface area contributed by atoms with Gasteiger partial charge >= 0.3 is 0 Å². The highest BCUT2D eigenvalue weighted by Crippen LogP contribution is 2.31. The highest BCUT2D eigenvalue weighted by Gasteiger charge is 2.10. The molecule has 0 spiro atoms. The van der Waals surface area contributed by atoms with Gasteiger partial charge in [0.1, 0.15) is 11.9 Å². The first-order valence-corrected chi connectivity index (χ1v) is 6.08. The minimum atomic E-state index is -0.326. The molecule has 0 unspecified atom stereocenters. The molecule has 4 heteroatoms. The van der Waals surface area contributed by atoms with E-state index >= 15 is 0 Å². The van der Waals surface area contributed by atoms with E-state index in [0.717, 1.165) is 4.88 Å². The summed E-state index contributed by atoms with van der Waals surface area (Å²) < 4.78 is 12.8. The molecule has 0 saturated heterocycles. The lowest BCUT2D eigenvalue weighted by Gasteiger charge is -2.02. The van der Waals surface area contributed by atoms with Crippen LogP contribution < -0.4 is 0 Å². The first-order valence-electron chi connectivity index (χ1n) is 4.82. The highest BCUT2D eigenvalue weighted by atomic mass is 35.5. The number of hydrogen-bond donors (Lipinski definition) is 0. The Morgan fingerprint density at radius 2 is 1.94 bits per heavy atom. The van der Waals surface area contributed by atoms with E-state index in [1.165, 1.54) is 23.5 Å². The van der Waals surface area contributed by atoms with Gasteiger partial charge in [-0.2, -0.15) is 5.26 Å². The van der Waals surface area contributed by atoms with Gasteiger partial charge in [-0.15, -0.1) is 11.3 Å². The van der Waals surface area contributed by atoms with E-state index in [1.807, 2.05) is 17.5 Å². The molecule has 2 aromatic rings. The molecule has 0 aliphatic rings. The lowest BCUT2D eigenvalue weighted by atomic mass is 10.1. The van der Waals surface area contributed by atoms with Crippen LogP contribution in [0.4, 0.5) is 4.39 Å². The van der Waals surface area contributed by atoms with Crippen LogP contribution in [-0.2, 0) is 0 Å². The van der Waals surface area contributed by atoms with Gasteiger partial charge in [-0.3, -0.25) is 0 Å². The van der Waals surface area contributed by atoms with Gasteiger partial charge in [0.25, 0.3) is 0 Å². The van der Waals surface area contributed by atoms with E-state index in [0.29, 0.717) is 16.2 Å². The van der Waals surface area contributed by atoms with E-state index < -0.39 is 0 Å². The maximum absolute atomic E-state index is 12.8. The molecular formula is C13H7ClFNS. The Morgan fingerprint density at radius 1 is 1.24 bits per heavy atom. The van der Waals surface area contributed by atoms with E-state index in [1.54, 1.807) is 12.1 Å². The quantitative estimate of drug-likeness (QED) is 0.731. The molecule has 0 amide bonds. The third-order valence-corrected chi connectivity index (χ3v) is 3.49. The molecule has 0 radical (unpaired) electrons. The molecule has 84 valence electrons. The molecule has 0 aliphatic carbocycles. The number of halogens is 2. The van der Waals surface area contributed by atoms with E-state index in [-0.39, 0.29) is 5.82 Å². The fourth-order valence-corrected chi connectivity index (χ4v) is 2.43. The molecule has 1 aromatic heterocycles. The minimum absolute atomic E-state index is 0.326. The Labute approximate surface area is 107 Å². The molecule has 1 heterocycles. The van der Waals surface area contributed by atoms with Crippen molar-refractivity contribution in [1.29, 1.82) is 5.26 Å². The van der Waals surface area contributed by atoms with Gasteiger partial charge in [-0.1, -0.05) is 29.8 Å². The van der Waals surface area contributed by atoms with E-state index in [4.69, 9.17) is 16.9 Å². The summed E-state index contributed by atoms with van der Waals surface area (Å²) in [5, 5.41) is 11.3. The molecular weight excluding hydrogens is 257 g/mol. The summed E-state index contributed by atoms with van der Waals surface area (Å²) in [7, 11) is 0. The van der Waals surface area contributed by atoms with Crippen LogP contribution >= 0.6 is 22.9 Å². The van der Waals surface area contributed by atoms with Crippen LogP contribution in [0.2, 0.25) is 0 Å². The molecule has 1 nitrogen and oxygen atoms in total. The molecule has 0 bridgehead atoms. The van der Waals surface area contributed by atoms with Crippen LogP contribution in [0.25, 0.3) is 10.6 Å². The van der Waals surface area contributed by atoms with E-state index in [2.05, 4.69) is 6.07 Å². The highest BCUT2D eigenvalue weighted by molar-refractivity contribution is 7.11. The monoisotopic (exact) mass is 263 g/mol. The predicted octanol–water partition coefficient (Wildman–Crippen LogP) is 4.52. The predicted molar refractivity (Wildman–Crippen MR) is 69.0 cm³/mol. The van der Waals surface area contributed by atoms with Gasteiger partial charge < -0.3 is 0 Å². The van der Waals surface area contributed by atoms with Gasteiger partial charge in [-0.25, -0.2) is 4.39 Å². The molecule has 2 rings (SSSR count). The molecule has 0 saturated carbocycles. The van der Waals surface area contributed by atoms with Crippen molar-refractivity contribution in [1.82, 2.24) is 0 Å². The Balaban J connectivity index is 2.50. The second kappa shape index (κ2) is 5.13. The fraction of sp³-hybridized carbons (Fsp3) is 0. The van der Waals surface area contributed by atoms with Crippen molar-refractivity contribution in [3.05, 3.63) is 58.0 Å². The first kappa shape index (κ1) is 11.8. The number of nitrogens with zero attached hydrogens (tertiary/aromatic N) is 1. The summed E-state index contributed by atoms with van der Waals surface area (Å²) in [6.45, 7) is 0. The second-order valence-electron chi connectivity index (χ2n) is 3.28. The summed E-state index contributed by atoms with van der Waals surface area (Å²) in [4.78, 5) is 0.807. The SMILES string of the molecule is N#C/C(=C(\Cl)c1ccc(F)cc1)c1cccs1. The maximum atomic E-state index is 12.8. The maximum Gasteiger partial charge on any atom is 0.123 e. The number of benzene rings is 1. The van der Waals surface area contributed by atoms with Crippen molar-refractivity contribution < 1.29 is 4.39 Å². The second-order valence-corrected chi connectivity index (χ2v) is 4.61. The Hall–Kier alpha value is -1.63. The number of thiophene rings is 1. The average molecular weight is 264 g/mol. The third-order valence-electron chi connectivity index (χ3n) is 2.20. The third kappa shape index (κ3) is 2.55. The van der Waals surface area contributed by atoms with Crippen LogP contribution in [-0.4, -0.2) is 0 Å². The van der Waals surface area contributed by atoms with Crippen molar-refractivity contribution in [3.63, 3.8) is 0 Å². The topological polar surface area (TPSA) is 23.8 Å². The Bertz CT molecular complexity index is 579. The Kier molecular flexibility index (Phi) is 3.58. The zero-order valence-electron chi connectivity index (χ0n) is 8.65. The summed E-state index contributed by atoms with van der Waals surface area (Å²) in [6, 6.07) is 11.5. The molecule has 0 N–H and O–H groups in total. The normalized spacial score (nSPS) is 11.8. The van der Waals surface area contributed by atoms with Crippen LogP contribution in [0.5, 0.6) is 0 Å². The Morgan fingerprint density at radius 3 is 2.47 bits per heavy atom. The largest absolute Gasteiger partial charge is 0.207 e. The van der Waals surface area contributed by atoms with Gasteiger partial charge in [0.05, 0.1) is 10.6 Å². The standard InChI is InChI=1S/C13H7ClFNS/c14-13(9-3-5-10(15)6-4-9)11(8-16)12-2-1-7-17-12/h1-7H/b13-11+. The van der Waals surface area contributed by atoms with Gasteiger partial charge in [0.2, 0.25) is 0 Å². The number of rotatable bonds is 2. The molecule has 0 aliphatic heterocycles. The fourth-order valence-electron chi connectivity index (χ4n) is 1.37. The lowest BCUT2D eigenvalue weighted by Crippen LogP contribution is -1.84. The number of allylic oxidation sites excluding steroid dienone is 1. The molecule has 17 heavy (non-hydrogen) atoms. The molecule has 1 aromatic carbocycles. The first-order chi connectivity index (χ1) is 8.22. The molecule has 0 atom stereocenters. The van der Waals surface area contributed by atoms with Crippen LogP contribution in [0.1, 0.15) is 10.4 Å². The lowest BCUT2D eigenvalue weighted by molar-refractivity contribution is 0.628. The zero-order chi connectivity index (χ0) is 12.3. The van der Waals surface area contributed by atoms with Crippen LogP contribution in [0.15, 0.2) is 41.8 Å². The molecule has 0 fully saturated rings. The van der Waals surface area contributed by atoms with Gasteiger partial charge in [-0.05, 0) is 29.1 Å². The smallest absolute Gasteiger partial charge is 0.123 e. The van der Waals surface area contributed by atoms with Crippen molar-refractivity contribution in [2.75, 3.05) is 0 Å². The zero-order valence-corrected chi connectivity index (χ0v) is 10.2. The summed E-state index contributed by atoms with van der Waals surface area (Å²) >= 11 is 7.60. The summed E-state index contributed by atoms with van der Waals surface area (Å²) in [6.07, 6.45) is 0. The van der Waals surface area contributed by atoms with Crippen molar-refractivity contribution in [3.8, 4) is 6.07 Å². The van der Waals surface area contributed by atoms with Crippen LogP contribution in [0, 0.1) is 17.1 Å². The summed E-state index contributed by atoms with van der Waals surface area (Å²) in [5.74, 6) is -0.326. The minimum Gasteiger partial charge on any atom is -0.207 e. The van der Waals surface area contributed by atoms with Gasteiger partial charge in [0, 0.05) is 4.88 Å². The number of nitriles is 1.